The number of hydrogen-bond donors (Lipinski definition) is 1. The van der Waals surface area contributed by atoms with E-state index in [-0.39, 0.29) is 18.3 Å². The van der Waals surface area contributed by atoms with E-state index in [1.54, 1.807) is 31.2 Å². The lowest BCUT2D eigenvalue weighted by atomic mass is 10.1. The van der Waals surface area contributed by atoms with E-state index in [0.29, 0.717) is 27.8 Å². The molecule has 0 fully saturated rings. The van der Waals surface area contributed by atoms with Gasteiger partial charge in [0, 0.05) is 15.5 Å². The van der Waals surface area contributed by atoms with Crippen LogP contribution in [0.2, 0.25) is 5.02 Å². The van der Waals surface area contributed by atoms with Crippen molar-refractivity contribution in [1.82, 2.24) is 0 Å². The van der Waals surface area contributed by atoms with Crippen molar-refractivity contribution in [1.29, 1.82) is 0 Å². The SMILES string of the molecule is CCOC(=O)c1c(NCC(=O)c2ccc(Cl)cc2)sc(C)c1C. The molecule has 0 spiro atoms. The average Bonchev–Trinajstić information content (AvgIpc) is 2.80. The summed E-state index contributed by atoms with van der Waals surface area (Å²) in [7, 11) is 0. The minimum Gasteiger partial charge on any atom is -0.462 e. The molecule has 0 aliphatic rings. The summed E-state index contributed by atoms with van der Waals surface area (Å²) in [6, 6.07) is 6.73. The summed E-state index contributed by atoms with van der Waals surface area (Å²) in [6.45, 7) is 6.01. The van der Waals surface area contributed by atoms with Crippen LogP contribution in [0, 0.1) is 13.8 Å². The topological polar surface area (TPSA) is 55.4 Å². The summed E-state index contributed by atoms with van der Waals surface area (Å²) in [6.07, 6.45) is 0. The van der Waals surface area contributed by atoms with Crippen LogP contribution in [0.4, 0.5) is 5.00 Å². The Labute approximate surface area is 144 Å². The van der Waals surface area contributed by atoms with E-state index in [1.165, 1.54) is 11.3 Å². The van der Waals surface area contributed by atoms with Crippen molar-refractivity contribution in [2.24, 2.45) is 0 Å². The molecule has 0 atom stereocenters. The van der Waals surface area contributed by atoms with E-state index < -0.39 is 0 Å². The zero-order valence-corrected chi connectivity index (χ0v) is 14.8. The van der Waals surface area contributed by atoms with Crippen LogP contribution >= 0.6 is 22.9 Å². The number of rotatable bonds is 6. The predicted molar refractivity (Wildman–Crippen MR) is 94.0 cm³/mol. The summed E-state index contributed by atoms with van der Waals surface area (Å²) in [5.41, 5.74) is 1.97. The second kappa shape index (κ2) is 7.62. The van der Waals surface area contributed by atoms with E-state index in [2.05, 4.69) is 5.32 Å². The lowest BCUT2D eigenvalue weighted by Crippen LogP contribution is -2.15. The Morgan fingerprint density at radius 3 is 2.48 bits per heavy atom. The maximum Gasteiger partial charge on any atom is 0.341 e. The van der Waals surface area contributed by atoms with Gasteiger partial charge in [-0.25, -0.2) is 4.79 Å². The van der Waals surface area contributed by atoms with E-state index >= 15 is 0 Å². The molecule has 1 aromatic carbocycles. The third-order valence-electron chi connectivity index (χ3n) is 3.44. The van der Waals surface area contributed by atoms with Crippen molar-refractivity contribution in [2.45, 2.75) is 20.8 Å². The number of halogens is 1. The van der Waals surface area contributed by atoms with Crippen molar-refractivity contribution in [2.75, 3.05) is 18.5 Å². The molecule has 2 aromatic rings. The molecule has 1 heterocycles. The standard InChI is InChI=1S/C17H18ClNO3S/c1-4-22-17(21)15-10(2)11(3)23-16(15)19-9-14(20)12-5-7-13(18)8-6-12/h5-8,19H,4,9H2,1-3H3. The Balaban J connectivity index is 2.14. The second-order valence-electron chi connectivity index (χ2n) is 4.99. The quantitative estimate of drug-likeness (QED) is 0.615. The van der Waals surface area contributed by atoms with E-state index in [0.717, 1.165) is 10.4 Å². The number of ketones is 1. The molecule has 0 saturated heterocycles. The highest BCUT2D eigenvalue weighted by Crippen LogP contribution is 2.33. The van der Waals surface area contributed by atoms with Crippen LogP contribution in [0.5, 0.6) is 0 Å². The normalized spacial score (nSPS) is 10.4. The molecule has 0 saturated carbocycles. The Hall–Kier alpha value is -1.85. The molecule has 0 amide bonds. The van der Waals surface area contributed by atoms with Crippen molar-refractivity contribution >= 4 is 39.7 Å². The molecule has 0 unspecified atom stereocenters. The lowest BCUT2D eigenvalue weighted by molar-refractivity contribution is 0.0527. The summed E-state index contributed by atoms with van der Waals surface area (Å²) in [5, 5.41) is 4.32. The maximum atomic E-state index is 12.2. The van der Waals surface area contributed by atoms with Gasteiger partial charge in [0.25, 0.3) is 0 Å². The highest BCUT2D eigenvalue weighted by Gasteiger charge is 2.21. The molecule has 0 aliphatic carbocycles. The number of benzene rings is 1. The van der Waals surface area contributed by atoms with Gasteiger partial charge < -0.3 is 10.1 Å². The number of carbonyl (C=O) groups excluding carboxylic acids is 2. The van der Waals surface area contributed by atoms with Gasteiger partial charge in [-0.2, -0.15) is 0 Å². The Morgan fingerprint density at radius 1 is 1.22 bits per heavy atom. The molecular weight excluding hydrogens is 334 g/mol. The Morgan fingerprint density at radius 2 is 1.87 bits per heavy atom. The lowest BCUT2D eigenvalue weighted by Gasteiger charge is -2.07. The van der Waals surface area contributed by atoms with Gasteiger partial charge in [-0.05, 0) is 50.6 Å². The fourth-order valence-electron chi connectivity index (χ4n) is 2.10. The van der Waals surface area contributed by atoms with Gasteiger partial charge in [-0.3, -0.25) is 4.79 Å². The van der Waals surface area contributed by atoms with Crippen molar-refractivity contribution in [3.63, 3.8) is 0 Å². The monoisotopic (exact) mass is 351 g/mol. The zero-order chi connectivity index (χ0) is 17.0. The van der Waals surface area contributed by atoms with Gasteiger partial charge in [0.05, 0.1) is 18.7 Å². The number of nitrogens with one attached hydrogen (secondary N) is 1. The van der Waals surface area contributed by atoms with Crippen molar-refractivity contribution in [3.05, 3.63) is 50.9 Å². The van der Waals surface area contributed by atoms with Crippen LogP contribution in [-0.4, -0.2) is 24.9 Å². The minimum absolute atomic E-state index is 0.0693. The third kappa shape index (κ3) is 4.12. The third-order valence-corrected chi connectivity index (χ3v) is 4.86. The van der Waals surface area contributed by atoms with E-state index in [9.17, 15) is 9.59 Å². The fraction of sp³-hybridized carbons (Fsp3) is 0.294. The smallest absolute Gasteiger partial charge is 0.341 e. The molecule has 4 nitrogen and oxygen atoms in total. The fourth-order valence-corrected chi connectivity index (χ4v) is 3.27. The highest BCUT2D eigenvalue weighted by molar-refractivity contribution is 7.16. The molecule has 1 aromatic heterocycles. The van der Waals surface area contributed by atoms with Gasteiger partial charge in [0.15, 0.2) is 5.78 Å². The van der Waals surface area contributed by atoms with Crippen LogP contribution in [-0.2, 0) is 4.74 Å². The van der Waals surface area contributed by atoms with Crippen LogP contribution < -0.4 is 5.32 Å². The first-order chi connectivity index (χ1) is 10.9. The molecular formula is C17H18ClNO3S. The molecule has 122 valence electrons. The van der Waals surface area contributed by atoms with Gasteiger partial charge >= 0.3 is 5.97 Å². The maximum absolute atomic E-state index is 12.2. The van der Waals surface area contributed by atoms with E-state index in [4.69, 9.17) is 16.3 Å². The van der Waals surface area contributed by atoms with Crippen LogP contribution in [0.3, 0.4) is 0 Å². The van der Waals surface area contributed by atoms with E-state index in [1.807, 2.05) is 13.8 Å². The second-order valence-corrected chi connectivity index (χ2v) is 6.65. The first-order valence-corrected chi connectivity index (χ1v) is 8.43. The van der Waals surface area contributed by atoms with Crippen LogP contribution in [0.25, 0.3) is 0 Å². The molecule has 1 N–H and O–H groups in total. The first-order valence-electron chi connectivity index (χ1n) is 7.23. The first kappa shape index (κ1) is 17.5. The Kier molecular flexibility index (Phi) is 5.80. The number of Topliss-reactive ketones (excluding diaryl/α,β-unsaturated/α-hetero) is 1. The van der Waals surface area contributed by atoms with Gasteiger partial charge in [-0.1, -0.05) is 11.6 Å². The van der Waals surface area contributed by atoms with Gasteiger partial charge in [0.1, 0.15) is 5.00 Å². The zero-order valence-electron chi connectivity index (χ0n) is 13.2. The van der Waals surface area contributed by atoms with Crippen molar-refractivity contribution < 1.29 is 14.3 Å². The minimum atomic E-state index is -0.365. The van der Waals surface area contributed by atoms with Crippen LogP contribution in [0.15, 0.2) is 24.3 Å². The number of thiophene rings is 1. The summed E-state index contributed by atoms with van der Waals surface area (Å²) in [5.74, 6) is -0.434. The molecule has 0 aliphatic heterocycles. The molecule has 2 rings (SSSR count). The predicted octanol–water partition coefficient (Wildman–Crippen LogP) is 4.49. The molecule has 0 bridgehead atoms. The number of carbonyl (C=O) groups is 2. The number of anilines is 1. The number of esters is 1. The number of ether oxygens (including phenoxy) is 1. The van der Waals surface area contributed by atoms with Crippen LogP contribution in [0.1, 0.15) is 38.1 Å². The van der Waals surface area contributed by atoms with Gasteiger partial charge in [-0.15, -0.1) is 11.3 Å². The largest absolute Gasteiger partial charge is 0.462 e. The number of hydrogen-bond acceptors (Lipinski definition) is 5. The molecule has 6 heteroatoms. The number of aryl methyl sites for hydroxylation is 1. The Bertz CT molecular complexity index is 722. The molecule has 23 heavy (non-hydrogen) atoms. The summed E-state index contributed by atoms with van der Waals surface area (Å²) in [4.78, 5) is 25.3. The van der Waals surface area contributed by atoms with Crippen molar-refractivity contribution in [3.8, 4) is 0 Å². The van der Waals surface area contributed by atoms with Gasteiger partial charge in [0.2, 0.25) is 0 Å². The highest BCUT2D eigenvalue weighted by atomic mass is 35.5. The molecule has 0 radical (unpaired) electrons. The summed E-state index contributed by atoms with van der Waals surface area (Å²) >= 11 is 7.27. The average molecular weight is 352 g/mol. The summed E-state index contributed by atoms with van der Waals surface area (Å²) < 4.78 is 5.10.